The zero-order valence-corrected chi connectivity index (χ0v) is 19.1. The predicted octanol–water partition coefficient (Wildman–Crippen LogP) is 2.90. The van der Waals surface area contributed by atoms with Crippen LogP contribution in [0.15, 0.2) is 36.8 Å². The fraction of sp³-hybridized carbons (Fsp3) is 0.458. The van der Waals surface area contributed by atoms with Crippen LogP contribution in [0, 0.1) is 6.92 Å². The third-order valence-electron chi connectivity index (χ3n) is 6.53. The van der Waals surface area contributed by atoms with Crippen LogP contribution in [0.3, 0.4) is 0 Å². The van der Waals surface area contributed by atoms with Gasteiger partial charge in [0.15, 0.2) is 11.6 Å². The van der Waals surface area contributed by atoms with Gasteiger partial charge >= 0.3 is 0 Å². The summed E-state index contributed by atoms with van der Waals surface area (Å²) in [7, 11) is 2.14. The number of ether oxygens (including phenoxy) is 2. The highest BCUT2D eigenvalue weighted by molar-refractivity contribution is 5.63. The van der Waals surface area contributed by atoms with Crippen LogP contribution in [0.2, 0.25) is 0 Å². The predicted molar refractivity (Wildman–Crippen MR) is 124 cm³/mol. The lowest BCUT2D eigenvalue weighted by Gasteiger charge is -2.28. The van der Waals surface area contributed by atoms with Gasteiger partial charge in [0, 0.05) is 18.6 Å². The first-order chi connectivity index (χ1) is 15.9. The van der Waals surface area contributed by atoms with Crippen LogP contribution in [0.4, 0.5) is 5.82 Å². The summed E-state index contributed by atoms with van der Waals surface area (Å²) < 4.78 is 13.4. The van der Waals surface area contributed by atoms with Gasteiger partial charge in [-0.15, -0.1) is 0 Å². The van der Waals surface area contributed by atoms with E-state index >= 15 is 0 Å². The molecule has 1 unspecified atom stereocenters. The van der Waals surface area contributed by atoms with E-state index in [4.69, 9.17) is 15.2 Å². The van der Waals surface area contributed by atoms with Gasteiger partial charge in [-0.05, 0) is 57.6 Å². The van der Waals surface area contributed by atoms with E-state index in [2.05, 4.69) is 27.0 Å². The lowest BCUT2D eigenvalue weighted by Crippen LogP contribution is -2.31. The number of anilines is 1. The van der Waals surface area contributed by atoms with Crippen LogP contribution >= 0.6 is 0 Å². The monoisotopic (exact) mass is 450 g/mol. The molecular formula is C24H30N6O3. The second-order valence-electron chi connectivity index (χ2n) is 9.16. The summed E-state index contributed by atoms with van der Waals surface area (Å²) in [5.74, 6) is 1.03. The first kappa shape index (κ1) is 21.8. The maximum Gasteiger partial charge on any atom is 0.263 e. The molecule has 2 aliphatic heterocycles. The summed E-state index contributed by atoms with van der Waals surface area (Å²) in [6.45, 7) is 4.94. The first-order valence-corrected chi connectivity index (χ1v) is 11.4. The van der Waals surface area contributed by atoms with E-state index in [-0.39, 0.29) is 11.7 Å². The van der Waals surface area contributed by atoms with Crippen LogP contribution in [0.25, 0.3) is 11.3 Å². The number of nitrogens with two attached hydrogens (primary N) is 1. The first-order valence-electron chi connectivity index (χ1n) is 11.4. The molecule has 3 N–H and O–H groups in total. The molecule has 2 saturated heterocycles. The Kier molecular flexibility index (Phi) is 5.77. The van der Waals surface area contributed by atoms with E-state index in [0.717, 1.165) is 42.6 Å². The minimum absolute atomic E-state index is 0.210. The van der Waals surface area contributed by atoms with Crippen molar-refractivity contribution in [1.82, 2.24) is 24.6 Å². The Balaban J connectivity index is 1.39. The van der Waals surface area contributed by atoms with E-state index in [1.807, 2.05) is 36.0 Å². The number of hydrogen-bond donors (Lipinski definition) is 2. The van der Waals surface area contributed by atoms with E-state index in [1.165, 1.54) is 0 Å². The molecule has 2 aromatic heterocycles. The number of nitrogens with zero attached hydrogens (tertiary/aromatic N) is 5. The zero-order valence-electron chi connectivity index (χ0n) is 19.1. The van der Waals surface area contributed by atoms with Crippen molar-refractivity contribution in [2.75, 3.05) is 39.1 Å². The lowest BCUT2D eigenvalue weighted by atomic mass is 9.90. The van der Waals surface area contributed by atoms with Gasteiger partial charge in [0.25, 0.3) is 5.88 Å². The van der Waals surface area contributed by atoms with Gasteiger partial charge in [-0.3, -0.25) is 4.68 Å². The Morgan fingerprint density at radius 3 is 2.79 bits per heavy atom. The number of piperidine rings is 1. The van der Waals surface area contributed by atoms with Gasteiger partial charge in [-0.25, -0.2) is 9.97 Å². The molecule has 174 valence electrons. The Bertz CT molecular complexity index is 1130. The largest absolute Gasteiger partial charge is 0.433 e. The van der Waals surface area contributed by atoms with Crippen molar-refractivity contribution in [3.05, 3.63) is 47.9 Å². The Hall–Kier alpha value is -3.01. The number of aromatic nitrogens is 4. The van der Waals surface area contributed by atoms with Crippen molar-refractivity contribution in [1.29, 1.82) is 0 Å². The summed E-state index contributed by atoms with van der Waals surface area (Å²) in [5, 5.41) is 15.4. The van der Waals surface area contributed by atoms with E-state index in [9.17, 15) is 5.11 Å². The molecule has 0 bridgehead atoms. The minimum Gasteiger partial charge on any atom is -0.433 e. The molecule has 9 nitrogen and oxygen atoms in total. The van der Waals surface area contributed by atoms with Gasteiger partial charge < -0.3 is 25.2 Å². The molecule has 0 radical (unpaired) electrons. The second kappa shape index (κ2) is 8.74. The van der Waals surface area contributed by atoms with Crippen LogP contribution in [-0.2, 0) is 10.3 Å². The molecule has 2 aliphatic rings. The fourth-order valence-corrected chi connectivity index (χ4v) is 4.52. The van der Waals surface area contributed by atoms with Gasteiger partial charge in [-0.2, -0.15) is 5.10 Å². The van der Waals surface area contributed by atoms with Crippen LogP contribution in [0.5, 0.6) is 11.6 Å². The van der Waals surface area contributed by atoms with Gasteiger partial charge in [0.05, 0.1) is 36.9 Å². The van der Waals surface area contributed by atoms with Gasteiger partial charge in [0.2, 0.25) is 0 Å². The number of benzene rings is 1. The topological polar surface area (TPSA) is 112 Å². The van der Waals surface area contributed by atoms with Crippen LogP contribution in [-0.4, -0.2) is 63.1 Å². The van der Waals surface area contributed by atoms with Gasteiger partial charge in [-0.1, -0.05) is 11.6 Å². The minimum atomic E-state index is -0.982. The highest BCUT2D eigenvalue weighted by Crippen LogP contribution is 2.34. The van der Waals surface area contributed by atoms with Crippen LogP contribution < -0.4 is 10.5 Å². The zero-order chi connectivity index (χ0) is 23.0. The standard InChI is InChI=1S/C24H30N6O3/c1-16-9-17(11-18(10-16)24(31)5-8-32-15-24)21-13-26-22(25)23(28-21)33-20-12-27-30(14-20)19-3-6-29(2)7-4-19/h9-14,19,31H,3-8,15H2,1-2H3,(H2,25,26). The molecule has 9 heteroatoms. The van der Waals surface area contributed by atoms with Crippen molar-refractivity contribution in [3.63, 3.8) is 0 Å². The smallest absolute Gasteiger partial charge is 0.263 e. The van der Waals surface area contributed by atoms with E-state index in [0.29, 0.717) is 37.1 Å². The van der Waals surface area contributed by atoms with E-state index < -0.39 is 5.60 Å². The number of rotatable bonds is 5. The summed E-state index contributed by atoms with van der Waals surface area (Å²) in [6, 6.07) is 6.29. The summed E-state index contributed by atoms with van der Waals surface area (Å²) in [5.41, 5.74) is 8.38. The number of nitrogen functional groups attached to an aromatic ring is 1. The lowest BCUT2D eigenvalue weighted by molar-refractivity contribution is 0.0232. The quantitative estimate of drug-likeness (QED) is 0.610. The van der Waals surface area contributed by atoms with Crippen molar-refractivity contribution in [3.8, 4) is 22.9 Å². The molecule has 0 saturated carbocycles. The maximum atomic E-state index is 11.0. The molecule has 0 spiro atoms. The number of hydrogen-bond acceptors (Lipinski definition) is 8. The van der Waals surface area contributed by atoms with Gasteiger partial charge in [0.1, 0.15) is 5.60 Å². The SMILES string of the molecule is Cc1cc(-c2cnc(N)c(Oc3cnn(C4CCN(C)CC4)c3)n2)cc(C2(O)CCOC2)c1. The Morgan fingerprint density at radius 1 is 1.21 bits per heavy atom. The normalized spacial score (nSPS) is 22.0. The molecule has 1 atom stereocenters. The maximum absolute atomic E-state index is 11.0. The summed E-state index contributed by atoms with van der Waals surface area (Å²) in [6.07, 6.45) is 7.89. The molecule has 0 aliphatic carbocycles. The number of likely N-dealkylation sites (tertiary alicyclic amines) is 1. The highest BCUT2D eigenvalue weighted by Gasteiger charge is 2.34. The summed E-state index contributed by atoms with van der Waals surface area (Å²) >= 11 is 0. The van der Waals surface area contributed by atoms with Crippen molar-refractivity contribution in [2.24, 2.45) is 0 Å². The highest BCUT2D eigenvalue weighted by atomic mass is 16.5. The number of aryl methyl sites for hydroxylation is 1. The van der Waals surface area contributed by atoms with E-state index in [1.54, 1.807) is 12.4 Å². The van der Waals surface area contributed by atoms with Crippen molar-refractivity contribution < 1.29 is 14.6 Å². The van der Waals surface area contributed by atoms with Crippen LogP contribution in [0.1, 0.15) is 36.4 Å². The van der Waals surface area contributed by atoms with Crippen molar-refractivity contribution >= 4 is 5.82 Å². The molecule has 33 heavy (non-hydrogen) atoms. The molecule has 4 heterocycles. The molecule has 5 rings (SSSR count). The molecule has 1 aromatic carbocycles. The molecule has 3 aromatic rings. The third kappa shape index (κ3) is 4.57. The Labute approximate surface area is 193 Å². The van der Waals surface area contributed by atoms with Crippen molar-refractivity contribution in [2.45, 2.75) is 37.8 Å². The summed E-state index contributed by atoms with van der Waals surface area (Å²) in [4.78, 5) is 11.3. The third-order valence-corrected chi connectivity index (χ3v) is 6.53. The molecular weight excluding hydrogens is 420 g/mol. The average Bonchev–Trinajstić information content (AvgIpc) is 3.45. The molecule has 2 fully saturated rings. The fourth-order valence-electron chi connectivity index (χ4n) is 4.52. The molecule has 0 amide bonds. The average molecular weight is 451 g/mol. The number of aliphatic hydroxyl groups is 1. The second-order valence-corrected chi connectivity index (χ2v) is 9.16. The Morgan fingerprint density at radius 2 is 2.03 bits per heavy atom.